The Bertz CT molecular complexity index is 962. The van der Waals surface area contributed by atoms with Crippen LogP contribution in [-0.2, 0) is 21.5 Å². The van der Waals surface area contributed by atoms with Crippen LogP contribution in [0.15, 0.2) is 47.9 Å². The normalized spacial score (nSPS) is 11.6. The van der Waals surface area contributed by atoms with E-state index in [4.69, 9.17) is 9.84 Å². The molecule has 0 aliphatic heterocycles. The van der Waals surface area contributed by atoms with E-state index in [0.717, 1.165) is 24.3 Å². The first-order chi connectivity index (χ1) is 14.4. The fourth-order valence-corrected chi connectivity index (χ4v) is 3.54. The fourth-order valence-electron chi connectivity index (χ4n) is 2.80. The lowest BCUT2D eigenvalue weighted by molar-refractivity contribution is -0.113. The number of aromatic nitrogens is 5. The third-order valence-corrected chi connectivity index (χ3v) is 5.39. The highest BCUT2D eigenvalue weighted by atomic mass is 32.2. The van der Waals surface area contributed by atoms with Crippen molar-refractivity contribution in [3.05, 3.63) is 48.4 Å². The SMILES string of the molecule is COCCCn1cnnc1SCC(=O)Nc1cc(C(C)(C)C)nn1-c1ccccc1. The summed E-state index contributed by atoms with van der Waals surface area (Å²) in [6.07, 6.45) is 2.54. The average molecular weight is 429 g/mol. The Kier molecular flexibility index (Phi) is 7.28. The Morgan fingerprint density at radius 1 is 1.23 bits per heavy atom. The molecule has 3 aromatic rings. The number of aryl methyl sites for hydroxylation is 1. The van der Waals surface area contributed by atoms with Crippen molar-refractivity contribution >= 4 is 23.5 Å². The van der Waals surface area contributed by atoms with Gasteiger partial charge in [0.2, 0.25) is 5.91 Å². The van der Waals surface area contributed by atoms with Crippen molar-refractivity contribution in [2.75, 3.05) is 24.8 Å². The molecule has 3 rings (SSSR count). The van der Waals surface area contributed by atoms with Crippen LogP contribution in [0.1, 0.15) is 32.9 Å². The average Bonchev–Trinajstić information content (AvgIpc) is 3.34. The van der Waals surface area contributed by atoms with Gasteiger partial charge in [-0.1, -0.05) is 50.7 Å². The van der Waals surface area contributed by atoms with Crippen LogP contribution in [0.3, 0.4) is 0 Å². The number of anilines is 1. The standard InChI is InChI=1S/C21H28N6O2S/c1-21(2,3)17-13-18(27(25-17)16-9-6-5-7-10-16)23-19(28)14-30-20-24-22-15-26(20)11-8-12-29-4/h5-7,9-10,13,15H,8,11-12,14H2,1-4H3,(H,23,28). The van der Waals surface area contributed by atoms with E-state index in [0.29, 0.717) is 17.6 Å². The zero-order chi connectivity index (χ0) is 21.6. The van der Waals surface area contributed by atoms with E-state index < -0.39 is 0 Å². The van der Waals surface area contributed by atoms with Gasteiger partial charge in [-0.05, 0) is 18.6 Å². The number of para-hydroxylation sites is 1. The number of benzene rings is 1. The summed E-state index contributed by atoms with van der Waals surface area (Å²) < 4.78 is 8.79. The molecule has 2 aromatic heterocycles. The predicted molar refractivity (Wildman–Crippen MR) is 118 cm³/mol. The highest BCUT2D eigenvalue weighted by Crippen LogP contribution is 2.26. The van der Waals surface area contributed by atoms with Crippen molar-refractivity contribution in [3.8, 4) is 5.69 Å². The molecule has 8 nitrogen and oxygen atoms in total. The largest absolute Gasteiger partial charge is 0.385 e. The summed E-state index contributed by atoms with van der Waals surface area (Å²) in [7, 11) is 1.68. The summed E-state index contributed by atoms with van der Waals surface area (Å²) in [6.45, 7) is 7.72. The molecular formula is C21H28N6O2S. The Labute approximate surface area is 181 Å². The van der Waals surface area contributed by atoms with Crippen LogP contribution < -0.4 is 5.32 Å². The lowest BCUT2D eigenvalue weighted by atomic mass is 9.92. The molecule has 1 N–H and O–H groups in total. The fraction of sp³-hybridized carbons (Fsp3) is 0.429. The summed E-state index contributed by atoms with van der Waals surface area (Å²) in [6, 6.07) is 11.7. The van der Waals surface area contributed by atoms with E-state index in [9.17, 15) is 4.79 Å². The van der Waals surface area contributed by atoms with Gasteiger partial charge in [0.05, 0.1) is 17.1 Å². The van der Waals surface area contributed by atoms with Gasteiger partial charge in [-0.15, -0.1) is 10.2 Å². The molecule has 1 amide bonds. The van der Waals surface area contributed by atoms with Crippen molar-refractivity contribution in [1.82, 2.24) is 24.5 Å². The van der Waals surface area contributed by atoms with Crippen molar-refractivity contribution in [3.63, 3.8) is 0 Å². The monoisotopic (exact) mass is 428 g/mol. The quantitative estimate of drug-likeness (QED) is 0.414. The van der Waals surface area contributed by atoms with Gasteiger partial charge in [0.25, 0.3) is 0 Å². The zero-order valence-electron chi connectivity index (χ0n) is 17.8. The van der Waals surface area contributed by atoms with E-state index in [1.54, 1.807) is 18.1 Å². The Morgan fingerprint density at radius 3 is 2.70 bits per heavy atom. The van der Waals surface area contributed by atoms with Crippen molar-refractivity contribution < 1.29 is 9.53 Å². The minimum Gasteiger partial charge on any atom is -0.385 e. The highest BCUT2D eigenvalue weighted by Gasteiger charge is 2.21. The van der Waals surface area contributed by atoms with Gasteiger partial charge < -0.3 is 14.6 Å². The third-order valence-electron chi connectivity index (χ3n) is 4.41. The molecule has 0 spiro atoms. The number of hydrogen-bond donors (Lipinski definition) is 1. The molecule has 9 heteroatoms. The van der Waals surface area contributed by atoms with Crippen LogP contribution in [0.25, 0.3) is 5.69 Å². The van der Waals surface area contributed by atoms with Crippen LogP contribution >= 0.6 is 11.8 Å². The van der Waals surface area contributed by atoms with E-state index >= 15 is 0 Å². The third kappa shape index (κ3) is 5.70. The number of hydrogen-bond acceptors (Lipinski definition) is 6. The van der Waals surface area contributed by atoms with Gasteiger partial charge >= 0.3 is 0 Å². The first-order valence-corrected chi connectivity index (χ1v) is 10.8. The molecule has 1 aromatic carbocycles. The van der Waals surface area contributed by atoms with Crippen LogP contribution in [0.4, 0.5) is 5.82 Å². The van der Waals surface area contributed by atoms with E-state index in [2.05, 4.69) is 36.3 Å². The lowest BCUT2D eigenvalue weighted by Crippen LogP contribution is -2.17. The van der Waals surface area contributed by atoms with Crippen molar-refractivity contribution in [1.29, 1.82) is 0 Å². The summed E-state index contributed by atoms with van der Waals surface area (Å²) in [5.41, 5.74) is 1.67. The summed E-state index contributed by atoms with van der Waals surface area (Å²) in [5.74, 6) is 0.760. The van der Waals surface area contributed by atoms with Gasteiger partial charge in [-0.2, -0.15) is 5.10 Å². The maximum absolute atomic E-state index is 12.7. The Hall–Kier alpha value is -2.65. The second-order valence-corrected chi connectivity index (χ2v) is 8.84. The molecule has 0 bridgehead atoms. The van der Waals surface area contributed by atoms with Gasteiger partial charge in [0, 0.05) is 31.7 Å². The Morgan fingerprint density at radius 2 is 2.00 bits per heavy atom. The van der Waals surface area contributed by atoms with Gasteiger partial charge in [-0.25, -0.2) is 4.68 Å². The van der Waals surface area contributed by atoms with E-state index in [-0.39, 0.29) is 17.1 Å². The molecular weight excluding hydrogens is 400 g/mol. The number of thioether (sulfide) groups is 1. The van der Waals surface area contributed by atoms with Crippen LogP contribution in [0.2, 0.25) is 0 Å². The first-order valence-electron chi connectivity index (χ1n) is 9.84. The lowest BCUT2D eigenvalue weighted by Gasteiger charge is -2.14. The number of carbonyl (C=O) groups is 1. The number of amides is 1. The maximum Gasteiger partial charge on any atom is 0.236 e. The predicted octanol–water partition coefficient (Wildman–Crippen LogP) is 3.53. The second-order valence-electron chi connectivity index (χ2n) is 7.90. The summed E-state index contributed by atoms with van der Waals surface area (Å²) >= 11 is 1.36. The molecule has 0 aliphatic carbocycles. The number of ether oxygens (including phenoxy) is 1. The molecule has 0 atom stereocenters. The van der Waals surface area contributed by atoms with Gasteiger partial charge in [0.15, 0.2) is 5.16 Å². The van der Waals surface area contributed by atoms with E-state index in [1.807, 2.05) is 41.0 Å². The zero-order valence-corrected chi connectivity index (χ0v) is 18.6. The van der Waals surface area contributed by atoms with Gasteiger partial charge in [-0.3, -0.25) is 4.79 Å². The van der Waals surface area contributed by atoms with Crippen LogP contribution in [0.5, 0.6) is 0 Å². The highest BCUT2D eigenvalue weighted by molar-refractivity contribution is 7.99. The molecule has 30 heavy (non-hydrogen) atoms. The molecule has 0 saturated carbocycles. The van der Waals surface area contributed by atoms with Crippen molar-refractivity contribution in [2.45, 2.75) is 44.3 Å². The number of rotatable bonds is 9. The molecule has 0 unspecified atom stereocenters. The maximum atomic E-state index is 12.7. The summed E-state index contributed by atoms with van der Waals surface area (Å²) in [5, 5.41) is 16.5. The molecule has 160 valence electrons. The van der Waals surface area contributed by atoms with Crippen LogP contribution in [-0.4, -0.2) is 49.9 Å². The molecule has 0 aliphatic rings. The molecule has 2 heterocycles. The topological polar surface area (TPSA) is 86.9 Å². The van der Waals surface area contributed by atoms with E-state index in [1.165, 1.54) is 11.8 Å². The smallest absolute Gasteiger partial charge is 0.236 e. The number of methoxy groups -OCH3 is 1. The summed E-state index contributed by atoms with van der Waals surface area (Å²) in [4.78, 5) is 12.7. The number of carbonyl (C=O) groups excluding carboxylic acids is 1. The second kappa shape index (κ2) is 9.90. The van der Waals surface area contributed by atoms with Crippen molar-refractivity contribution in [2.24, 2.45) is 0 Å². The van der Waals surface area contributed by atoms with Gasteiger partial charge in [0.1, 0.15) is 12.1 Å². The first kappa shape index (κ1) is 22.0. The van der Waals surface area contributed by atoms with Crippen LogP contribution in [0, 0.1) is 0 Å². The molecule has 0 radical (unpaired) electrons. The molecule has 0 saturated heterocycles. The Balaban J connectivity index is 1.69. The minimum atomic E-state index is -0.132. The molecule has 0 fully saturated rings. The number of nitrogens with zero attached hydrogens (tertiary/aromatic N) is 5. The number of nitrogens with one attached hydrogen (secondary N) is 1. The minimum absolute atomic E-state index is 0.121.